The minimum Gasteiger partial charge on any atom is -0.485 e. The van der Waals surface area contributed by atoms with Gasteiger partial charge in [0, 0.05) is 24.7 Å². The summed E-state index contributed by atoms with van der Waals surface area (Å²) in [5.74, 6) is 0.715. The van der Waals surface area contributed by atoms with Crippen LogP contribution in [0.15, 0.2) is 77.8 Å². The van der Waals surface area contributed by atoms with Crippen LogP contribution >= 0.6 is 0 Å². The van der Waals surface area contributed by atoms with Crippen molar-refractivity contribution in [2.45, 2.75) is 18.1 Å². The maximum atomic E-state index is 13.4. The number of anilines is 1. The van der Waals surface area contributed by atoms with Gasteiger partial charge < -0.3 is 16.2 Å². The molecule has 2 heterocycles. The van der Waals surface area contributed by atoms with Crippen LogP contribution in [-0.2, 0) is 10.3 Å². The Kier molecular flexibility index (Phi) is 4.03. The van der Waals surface area contributed by atoms with Crippen LogP contribution in [0, 0.1) is 0 Å². The van der Waals surface area contributed by atoms with Gasteiger partial charge in [0.15, 0.2) is 11.5 Å². The van der Waals surface area contributed by atoms with Crippen LogP contribution in [0.5, 0.6) is 5.75 Å². The van der Waals surface area contributed by atoms with Gasteiger partial charge in [-0.05, 0) is 41.0 Å². The highest BCUT2D eigenvalue weighted by Gasteiger charge is 2.53. The second-order valence-electron chi connectivity index (χ2n) is 7.75. The molecular weight excluding hydrogens is 376 g/mol. The summed E-state index contributed by atoms with van der Waals surface area (Å²) in [5, 5.41) is 0. The molecule has 150 valence electrons. The highest BCUT2D eigenvalue weighted by Crippen LogP contribution is 2.50. The molecule has 30 heavy (non-hydrogen) atoms. The predicted octanol–water partition coefficient (Wildman–Crippen LogP) is 3.44. The van der Waals surface area contributed by atoms with Gasteiger partial charge in [0.1, 0.15) is 11.9 Å². The van der Waals surface area contributed by atoms with Crippen molar-refractivity contribution >= 4 is 17.6 Å². The Hall–Kier alpha value is -3.80. The van der Waals surface area contributed by atoms with Crippen molar-refractivity contribution in [3.63, 3.8) is 0 Å². The number of nitrogens with zero attached hydrogens (tertiary/aromatic N) is 2. The van der Waals surface area contributed by atoms with Gasteiger partial charge in [0.2, 0.25) is 0 Å². The molecule has 0 aliphatic carbocycles. The molecular formula is C24H22N4O2. The molecule has 0 saturated carbocycles. The molecule has 0 bridgehead atoms. The van der Waals surface area contributed by atoms with Gasteiger partial charge in [-0.3, -0.25) is 9.69 Å². The van der Waals surface area contributed by atoms with E-state index in [0.717, 1.165) is 22.3 Å². The first-order valence-electron chi connectivity index (χ1n) is 9.83. The molecule has 0 saturated heterocycles. The average Bonchev–Trinajstić information content (AvgIpc) is 2.98. The second kappa shape index (κ2) is 6.62. The Labute approximate surface area is 174 Å². The molecule has 2 atom stereocenters. The maximum absolute atomic E-state index is 13.4. The van der Waals surface area contributed by atoms with E-state index in [0.29, 0.717) is 17.9 Å². The number of ether oxygens (including phenoxy) is 1. The summed E-state index contributed by atoms with van der Waals surface area (Å²) in [4.78, 5) is 19.5. The Morgan fingerprint density at radius 2 is 1.77 bits per heavy atom. The molecule has 0 radical (unpaired) electrons. The summed E-state index contributed by atoms with van der Waals surface area (Å²) < 4.78 is 6.33. The average molecular weight is 398 g/mol. The van der Waals surface area contributed by atoms with Crippen LogP contribution in [-0.4, -0.2) is 23.8 Å². The second-order valence-corrected chi connectivity index (χ2v) is 7.75. The van der Waals surface area contributed by atoms with Crippen LogP contribution in [0.25, 0.3) is 11.1 Å². The van der Waals surface area contributed by atoms with Gasteiger partial charge in [-0.15, -0.1) is 0 Å². The topological polar surface area (TPSA) is 93.9 Å². The number of guanidine groups is 1. The number of fused-ring (bicyclic) bond motifs is 2. The van der Waals surface area contributed by atoms with Crippen molar-refractivity contribution in [1.29, 1.82) is 0 Å². The normalized spacial score (nSPS) is 22.6. The summed E-state index contributed by atoms with van der Waals surface area (Å²) in [6.07, 6.45) is 0.0813. The zero-order valence-electron chi connectivity index (χ0n) is 16.6. The SMILES string of the molecule is CN1C(=O)[C@@]2(C[C@@H](c3ccccc3)Oc3ccc(-c4cccc(N)c4)cc32)N=C1N. The third-order valence-corrected chi connectivity index (χ3v) is 5.87. The van der Waals surface area contributed by atoms with E-state index >= 15 is 0 Å². The molecule has 3 aromatic carbocycles. The number of carbonyl (C=O) groups excluding carboxylic acids is 1. The predicted molar refractivity (Wildman–Crippen MR) is 117 cm³/mol. The van der Waals surface area contributed by atoms with Gasteiger partial charge in [0.25, 0.3) is 5.91 Å². The molecule has 0 unspecified atom stereocenters. The third kappa shape index (κ3) is 2.72. The van der Waals surface area contributed by atoms with Crippen molar-refractivity contribution in [2.24, 2.45) is 10.7 Å². The van der Waals surface area contributed by atoms with Gasteiger partial charge in [-0.25, -0.2) is 4.99 Å². The fourth-order valence-corrected chi connectivity index (χ4v) is 4.29. The Morgan fingerprint density at radius 3 is 2.47 bits per heavy atom. The van der Waals surface area contributed by atoms with Crippen LogP contribution in [0.1, 0.15) is 23.7 Å². The van der Waals surface area contributed by atoms with Crippen molar-refractivity contribution in [2.75, 3.05) is 12.8 Å². The first-order chi connectivity index (χ1) is 14.5. The summed E-state index contributed by atoms with van der Waals surface area (Å²) in [5.41, 5.74) is 15.3. The third-order valence-electron chi connectivity index (χ3n) is 5.87. The van der Waals surface area contributed by atoms with E-state index in [1.807, 2.05) is 72.8 Å². The first-order valence-corrected chi connectivity index (χ1v) is 9.83. The fraction of sp³-hybridized carbons (Fsp3) is 0.167. The van der Waals surface area contributed by atoms with Crippen molar-refractivity contribution in [3.05, 3.63) is 83.9 Å². The molecule has 5 rings (SSSR count). The van der Waals surface area contributed by atoms with Crippen LogP contribution in [0.4, 0.5) is 5.69 Å². The standard InChI is InChI=1S/C24H22N4O2/c1-28-22(29)24(27-23(28)26)14-21(15-6-3-2-4-7-15)30-20-11-10-17(13-19(20)24)16-8-5-9-18(25)12-16/h2-13,21H,14,25H2,1H3,(H2,26,27)/t21-,24-/m0/s1. The van der Waals surface area contributed by atoms with E-state index in [1.165, 1.54) is 4.90 Å². The van der Waals surface area contributed by atoms with Gasteiger partial charge in [-0.2, -0.15) is 0 Å². The summed E-state index contributed by atoms with van der Waals surface area (Å²) >= 11 is 0. The Bertz CT molecular complexity index is 1170. The highest BCUT2D eigenvalue weighted by molar-refractivity contribution is 6.07. The number of likely N-dealkylation sites (N-methyl/N-ethyl adjacent to an activating group) is 1. The van der Waals surface area contributed by atoms with Crippen LogP contribution in [0.3, 0.4) is 0 Å². The van der Waals surface area contributed by atoms with Gasteiger partial charge in [-0.1, -0.05) is 48.5 Å². The smallest absolute Gasteiger partial charge is 0.261 e. The van der Waals surface area contributed by atoms with E-state index in [2.05, 4.69) is 4.99 Å². The van der Waals surface area contributed by atoms with Crippen LogP contribution in [0.2, 0.25) is 0 Å². The molecule has 0 aromatic heterocycles. The number of rotatable bonds is 2. The first kappa shape index (κ1) is 18.2. The summed E-state index contributed by atoms with van der Waals surface area (Å²) in [7, 11) is 1.66. The quantitative estimate of drug-likeness (QED) is 0.647. The molecule has 3 aromatic rings. The van der Waals surface area contributed by atoms with E-state index in [-0.39, 0.29) is 18.0 Å². The monoisotopic (exact) mass is 398 g/mol. The molecule has 0 fully saturated rings. The number of carbonyl (C=O) groups is 1. The molecule has 1 amide bonds. The number of hydrogen-bond acceptors (Lipinski definition) is 5. The van der Waals surface area contributed by atoms with Crippen molar-refractivity contribution < 1.29 is 9.53 Å². The van der Waals surface area contributed by atoms with Crippen molar-refractivity contribution in [1.82, 2.24) is 4.90 Å². The molecule has 6 heteroatoms. The minimum atomic E-state index is -1.11. The lowest BCUT2D eigenvalue weighted by Crippen LogP contribution is -2.43. The molecule has 4 N–H and O–H groups in total. The Morgan fingerprint density at radius 1 is 1.00 bits per heavy atom. The largest absolute Gasteiger partial charge is 0.485 e. The lowest BCUT2D eigenvalue weighted by atomic mass is 9.79. The molecule has 2 aliphatic heterocycles. The molecule has 2 aliphatic rings. The fourth-order valence-electron chi connectivity index (χ4n) is 4.29. The maximum Gasteiger partial charge on any atom is 0.261 e. The number of amides is 1. The van der Waals surface area contributed by atoms with Gasteiger partial charge in [0.05, 0.1) is 0 Å². The highest BCUT2D eigenvalue weighted by atomic mass is 16.5. The number of nitrogens with two attached hydrogens (primary N) is 2. The van der Waals surface area contributed by atoms with E-state index in [4.69, 9.17) is 16.2 Å². The number of aliphatic imine (C=N–C) groups is 1. The number of nitrogen functional groups attached to an aromatic ring is 1. The zero-order chi connectivity index (χ0) is 20.9. The van der Waals surface area contributed by atoms with E-state index in [9.17, 15) is 4.79 Å². The van der Waals surface area contributed by atoms with E-state index < -0.39 is 5.54 Å². The minimum absolute atomic E-state index is 0.143. The lowest BCUT2D eigenvalue weighted by Gasteiger charge is -2.37. The summed E-state index contributed by atoms with van der Waals surface area (Å²) in [6.45, 7) is 0. The number of hydrogen-bond donors (Lipinski definition) is 2. The van der Waals surface area contributed by atoms with Crippen molar-refractivity contribution in [3.8, 4) is 16.9 Å². The number of benzene rings is 3. The van der Waals surface area contributed by atoms with Gasteiger partial charge >= 0.3 is 0 Å². The van der Waals surface area contributed by atoms with Crippen LogP contribution < -0.4 is 16.2 Å². The van der Waals surface area contributed by atoms with E-state index in [1.54, 1.807) is 7.05 Å². The molecule has 1 spiro atoms. The summed E-state index contributed by atoms with van der Waals surface area (Å²) in [6, 6.07) is 23.4. The zero-order valence-corrected chi connectivity index (χ0v) is 16.6. The molecule has 6 nitrogen and oxygen atoms in total. The lowest BCUT2D eigenvalue weighted by molar-refractivity contribution is -0.132. The Balaban J connectivity index is 1.68.